The Morgan fingerprint density at radius 3 is 1.58 bits per heavy atom. The van der Waals surface area contributed by atoms with E-state index in [1.54, 1.807) is 0 Å². The molecule has 0 aliphatic carbocycles. The Hall–Kier alpha value is -4.30. The molecular formula is C31H33N5. The maximum Gasteiger partial charge on any atom is 0.0715 e. The third-order valence-electron chi connectivity index (χ3n) is 6.20. The highest BCUT2D eigenvalue weighted by Gasteiger charge is 2.10. The number of pyridine rings is 1. The predicted octanol–water partition coefficient (Wildman–Crippen LogP) is 6.93. The molecular weight excluding hydrogens is 442 g/mol. The van der Waals surface area contributed by atoms with Crippen molar-refractivity contribution in [2.45, 2.75) is 12.8 Å². The summed E-state index contributed by atoms with van der Waals surface area (Å²) in [5.74, 6) is 0. The van der Waals surface area contributed by atoms with Gasteiger partial charge in [0.05, 0.1) is 17.5 Å². The second-order valence-corrected chi connectivity index (χ2v) is 9.27. The number of nitrogens with one attached hydrogen (secondary N) is 1. The molecule has 1 aromatic heterocycles. The van der Waals surface area contributed by atoms with Crippen molar-refractivity contribution in [2.75, 3.05) is 49.9 Å². The number of aromatic nitrogens is 1. The first-order valence-electron chi connectivity index (χ1n) is 12.2. The molecule has 4 rings (SSSR count). The van der Waals surface area contributed by atoms with Crippen molar-refractivity contribution in [3.8, 4) is 39.7 Å². The van der Waals surface area contributed by atoms with E-state index in [1.807, 2.05) is 28.2 Å². The summed E-state index contributed by atoms with van der Waals surface area (Å²) in [7, 11) is 8.19. The van der Waals surface area contributed by atoms with E-state index in [4.69, 9.17) is 10.2 Å². The van der Waals surface area contributed by atoms with Gasteiger partial charge in [0.2, 0.25) is 0 Å². The van der Waals surface area contributed by atoms with Gasteiger partial charge in [0.1, 0.15) is 0 Å². The fourth-order valence-corrected chi connectivity index (χ4v) is 4.03. The largest absolute Gasteiger partial charge is 0.385 e. The van der Waals surface area contributed by atoms with Crippen molar-refractivity contribution in [3.63, 3.8) is 0 Å². The molecule has 0 bridgehead atoms. The molecule has 0 fully saturated rings. The number of anilines is 3. The molecule has 182 valence electrons. The van der Waals surface area contributed by atoms with Crippen molar-refractivity contribution < 1.29 is 0 Å². The average molecular weight is 476 g/mol. The standard InChI is InChI=1S/C31H33N5/c1-35(2)28-15-9-24(10-16-28)30-21-26(23-7-13-27(14-8-23)33-20-6-5-19-32)22-31(34-30)25-11-17-29(18-12-25)36(3)4/h7-18,21-22,33H,5-6,20H2,1-4H3. The van der Waals surface area contributed by atoms with E-state index in [0.29, 0.717) is 6.42 Å². The fraction of sp³-hybridized carbons (Fsp3) is 0.226. The molecule has 0 aliphatic heterocycles. The van der Waals surface area contributed by atoms with Crippen molar-refractivity contribution >= 4 is 17.1 Å². The number of benzene rings is 3. The van der Waals surface area contributed by atoms with Crippen LogP contribution < -0.4 is 15.1 Å². The highest BCUT2D eigenvalue weighted by atomic mass is 15.1. The number of nitrogens with zero attached hydrogens (tertiary/aromatic N) is 4. The second kappa shape index (κ2) is 11.4. The van der Waals surface area contributed by atoms with Crippen LogP contribution in [0.4, 0.5) is 17.1 Å². The first-order valence-corrected chi connectivity index (χ1v) is 12.2. The number of hydrogen-bond acceptors (Lipinski definition) is 5. The summed E-state index contributed by atoms with van der Waals surface area (Å²) in [6.45, 7) is 0.794. The van der Waals surface area contributed by atoms with Gasteiger partial charge in [-0.25, -0.2) is 4.98 Å². The average Bonchev–Trinajstić information content (AvgIpc) is 2.91. The van der Waals surface area contributed by atoms with Crippen LogP contribution in [0.15, 0.2) is 84.9 Å². The minimum atomic E-state index is 0.568. The first kappa shape index (κ1) is 24.8. The Labute approximate surface area is 214 Å². The summed E-state index contributed by atoms with van der Waals surface area (Å²) in [5.41, 5.74) is 9.71. The topological polar surface area (TPSA) is 55.2 Å². The highest BCUT2D eigenvalue weighted by Crippen LogP contribution is 2.32. The van der Waals surface area contributed by atoms with E-state index in [9.17, 15) is 0 Å². The zero-order valence-corrected chi connectivity index (χ0v) is 21.5. The second-order valence-electron chi connectivity index (χ2n) is 9.27. The third-order valence-corrected chi connectivity index (χ3v) is 6.20. The summed E-state index contributed by atoms with van der Waals surface area (Å²) >= 11 is 0. The van der Waals surface area contributed by atoms with Gasteiger partial charge in [-0.2, -0.15) is 5.26 Å². The van der Waals surface area contributed by atoms with E-state index in [0.717, 1.165) is 63.7 Å². The number of unbranched alkanes of at least 4 members (excludes halogenated alkanes) is 1. The Morgan fingerprint density at radius 1 is 0.667 bits per heavy atom. The molecule has 0 spiro atoms. The molecule has 0 aliphatic rings. The van der Waals surface area contributed by atoms with Crippen molar-refractivity contribution in [2.24, 2.45) is 0 Å². The molecule has 5 heteroatoms. The fourth-order valence-electron chi connectivity index (χ4n) is 4.03. The molecule has 0 amide bonds. The van der Waals surface area contributed by atoms with E-state index >= 15 is 0 Å². The molecule has 4 aromatic rings. The summed E-state index contributed by atoms with van der Waals surface area (Å²) < 4.78 is 0. The van der Waals surface area contributed by atoms with Crippen molar-refractivity contribution in [1.29, 1.82) is 5.26 Å². The maximum absolute atomic E-state index is 8.72. The van der Waals surface area contributed by atoms with Crippen LogP contribution in [-0.4, -0.2) is 39.7 Å². The maximum atomic E-state index is 8.72. The molecule has 3 aromatic carbocycles. The van der Waals surface area contributed by atoms with Crippen LogP contribution in [0.25, 0.3) is 33.6 Å². The normalized spacial score (nSPS) is 10.5. The van der Waals surface area contributed by atoms with Gasteiger partial charge in [-0.05, 0) is 66.1 Å². The summed E-state index contributed by atoms with van der Waals surface area (Å²) in [6, 6.07) is 32.0. The Balaban J connectivity index is 1.70. The summed E-state index contributed by atoms with van der Waals surface area (Å²) in [6.07, 6.45) is 1.41. The molecule has 1 heterocycles. The number of rotatable bonds is 9. The number of hydrogen-bond donors (Lipinski definition) is 1. The van der Waals surface area contributed by atoms with Crippen LogP contribution >= 0.6 is 0 Å². The van der Waals surface area contributed by atoms with Gasteiger partial charge in [0.25, 0.3) is 0 Å². The summed E-state index contributed by atoms with van der Waals surface area (Å²) in [5, 5.41) is 12.1. The third kappa shape index (κ3) is 6.03. The Morgan fingerprint density at radius 2 is 1.14 bits per heavy atom. The van der Waals surface area contributed by atoms with Gasteiger partial charge in [-0.1, -0.05) is 36.4 Å². The van der Waals surface area contributed by atoms with Gasteiger partial charge in [-0.3, -0.25) is 0 Å². The molecule has 1 N–H and O–H groups in total. The lowest BCUT2D eigenvalue weighted by molar-refractivity contribution is 0.898. The van der Waals surface area contributed by atoms with Crippen LogP contribution in [0.2, 0.25) is 0 Å². The molecule has 0 radical (unpaired) electrons. The van der Waals surface area contributed by atoms with E-state index in [1.165, 1.54) is 0 Å². The molecule has 36 heavy (non-hydrogen) atoms. The van der Waals surface area contributed by atoms with E-state index in [2.05, 4.69) is 106 Å². The molecule has 0 atom stereocenters. The van der Waals surface area contributed by atoms with Gasteiger partial charge < -0.3 is 15.1 Å². The minimum Gasteiger partial charge on any atom is -0.385 e. The van der Waals surface area contributed by atoms with Crippen molar-refractivity contribution in [1.82, 2.24) is 4.98 Å². The smallest absolute Gasteiger partial charge is 0.0715 e. The van der Waals surface area contributed by atoms with Crippen molar-refractivity contribution in [3.05, 3.63) is 84.9 Å². The SMILES string of the molecule is CN(C)c1ccc(-c2cc(-c3ccc(NCCCC#N)cc3)cc(-c3ccc(N(C)C)cc3)n2)cc1. The molecule has 0 unspecified atom stereocenters. The van der Waals surface area contributed by atoms with Crippen LogP contribution in [0.5, 0.6) is 0 Å². The van der Waals surface area contributed by atoms with Gasteiger partial charge in [-0.15, -0.1) is 0 Å². The lowest BCUT2D eigenvalue weighted by Gasteiger charge is -2.15. The molecule has 5 nitrogen and oxygen atoms in total. The van der Waals surface area contributed by atoms with E-state index in [-0.39, 0.29) is 0 Å². The first-order chi connectivity index (χ1) is 17.4. The monoisotopic (exact) mass is 475 g/mol. The minimum absolute atomic E-state index is 0.568. The highest BCUT2D eigenvalue weighted by molar-refractivity contribution is 5.78. The quantitative estimate of drug-likeness (QED) is 0.266. The summed E-state index contributed by atoms with van der Waals surface area (Å²) in [4.78, 5) is 9.26. The van der Waals surface area contributed by atoms with Crippen LogP contribution in [0.1, 0.15) is 12.8 Å². The Bertz CT molecular complexity index is 1250. The van der Waals surface area contributed by atoms with Gasteiger partial charge >= 0.3 is 0 Å². The number of nitriles is 1. The molecule has 0 saturated carbocycles. The predicted molar refractivity (Wildman–Crippen MR) is 153 cm³/mol. The molecule has 0 saturated heterocycles. The Kier molecular flexibility index (Phi) is 7.87. The zero-order valence-electron chi connectivity index (χ0n) is 21.5. The lowest BCUT2D eigenvalue weighted by atomic mass is 9.99. The van der Waals surface area contributed by atoms with E-state index < -0.39 is 0 Å². The van der Waals surface area contributed by atoms with Crippen LogP contribution in [0.3, 0.4) is 0 Å². The van der Waals surface area contributed by atoms with Crippen LogP contribution in [-0.2, 0) is 0 Å². The van der Waals surface area contributed by atoms with Crippen LogP contribution in [0, 0.1) is 11.3 Å². The van der Waals surface area contributed by atoms with Gasteiger partial charge in [0, 0.05) is 69.3 Å². The van der Waals surface area contributed by atoms with Gasteiger partial charge in [0.15, 0.2) is 0 Å². The lowest BCUT2D eigenvalue weighted by Crippen LogP contribution is -2.08. The zero-order chi connectivity index (χ0) is 25.5.